The molecular formula is C21H17ClN2O7. The number of imide groups is 2. The van der Waals surface area contributed by atoms with Crippen LogP contribution in [0, 0.1) is 0 Å². The fourth-order valence-electron chi connectivity index (χ4n) is 2.78. The maximum Gasteiger partial charge on any atom is 0.341 e. The van der Waals surface area contributed by atoms with Crippen LogP contribution >= 0.6 is 11.6 Å². The van der Waals surface area contributed by atoms with Gasteiger partial charge in [-0.1, -0.05) is 17.7 Å². The highest BCUT2D eigenvalue weighted by atomic mass is 35.5. The number of amides is 4. The molecule has 31 heavy (non-hydrogen) atoms. The predicted octanol–water partition coefficient (Wildman–Crippen LogP) is 2.87. The van der Waals surface area contributed by atoms with Crippen molar-refractivity contribution >= 4 is 47.2 Å². The molecule has 0 saturated carbocycles. The Bertz CT molecular complexity index is 1080. The molecule has 160 valence electrons. The van der Waals surface area contributed by atoms with Gasteiger partial charge >= 0.3 is 12.0 Å². The molecule has 10 heteroatoms. The van der Waals surface area contributed by atoms with Crippen molar-refractivity contribution in [2.24, 2.45) is 0 Å². The number of urea groups is 1. The molecule has 0 aliphatic carbocycles. The van der Waals surface area contributed by atoms with Crippen LogP contribution in [0.5, 0.6) is 11.5 Å². The zero-order valence-corrected chi connectivity index (χ0v) is 17.0. The standard InChI is InChI=1S/C21H17ClN2O7/c1-2-30-14-6-4-13(5-7-14)24-20(28)15(19(27)23-21(24)29)9-12-3-8-17(16(22)10-12)31-11-18(25)26/h3-10H,2,11H2,1H3,(H,25,26)(H,23,27,29)/b15-9+. The van der Waals surface area contributed by atoms with E-state index in [-0.39, 0.29) is 22.0 Å². The van der Waals surface area contributed by atoms with E-state index in [2.05, 4.69) is 5.32 Å². The smallest absolute Gasteiger partial charge is 0.341 e. The Morgan fingerprint density at radius 1 is 1.13 bits per heavy atom. The number of carboxylic acid groups (broad SMARTS) is 1. The molecule has 9 nitrogen and oxygen atoms in total. The third-order valence-electron chi connectivity index (χ3n) is 4.13. The van der Waals surface area contributed by atoms with E-state index in [1.165, 1.54) is 36.4 Å². The largest absolute Gasteiger partial charge is 0.494 e. The van der Waals surface area contributed by atoms with E-state index in [1.807, 2.05) is 6.92 Å². The van der Waals surface area contributed by atoms with Crippen LogP contribution in [0.3, 0.4) is 0 Å². The van der Waals surface area contributed by atoms with E-state index in [9.17, 15) is 19.2 Å². The number of anilines is 1. The summed E-state index contributed by atoms with van der Waals surface area (Å²) < 4.78 is 10.4. The lowest BCUT2D eigenvalue weighted by Gasteiger charge is -2.26. The highest BCUT2D eigenvalue weighted by molar-refractivity contribution is 6.39. The van der Waals surface area contributed by atoms with Crippen molar-refractivity contribution < 1.29 is 33.8 Å². The molecule has 4 amide bonds. The van der Waals surface area contributed by atoms with Crippen molar-refractivity contribution in [3.63, 3.8) is 0 Å². The fourth-order valence-corrected chi connectivity index (χ4v) is 3.02. The van der Waals surface area contributed by atoms with Crippen LogP contribution in [-0.4, -0.2) is 42.1 Å². The maximum atomic E-state index is 12.9. The molecule has 0 unspecified atom stereocenters. The molecule has 0 radical (unpaired) electrons. The first-order valence-corrected chi connectivity index (χ1v) is 9.46. The summed E-state index contributed by atoms with van der Waals surface area (Å²) in [5.74, 6) is -2.11. The number of carbonyl (C=O) groups is 4. The second-order valence-corrected chi connectivity index (χ2v) is 6.66. The topological polar surface area (TPSA) is 122 Å². The third kappa shape index (κ3) is 5.01. The molecule has 0 bridgehead atoms. The monoisotopic (exact) mass is 444 g/mol. The summed E-state index contributed by atoms with van der Waals surface area (Å²) in [7, 11) is 0. The van der Waals surface area contributed by atoms with E-state index in [0.717, 1.165) is 4.90 Å². The minimum Gasteiger partial charge on any atom is -0.494 e. The summed E-state index contributed by atoms with van der Waals surface area (Å²) in [5.41, 5.74) is 0.371. The number of carbonyl (C=O) groups excluding carboxylic acids is 3. The second kappa shape index (κ2) is 9.31. The quantitative estimate of drug-likeness (QED) is 0.497. The number of benzene rings is 2. The Hall–Kier alpha value is -3.85. The summed E-state index contributed by atoms with van der Waals surface area (Å²) in [6, 6.07) is 9.72. The number of rotatable bonds is 7. The molecule has 1 saturated heterocycles. The summed E-state index contributed by atoms with van der Waals surface area (Å²) in [4.78, 5) is 48.9. The molecule has 0 atom stereocenters. The Balaban J connectivity index is 1.88. The van der Waals surface area contributed by atoms with Gasteiger partial charge in [0.15, 0.2) is 6.61 Å². The van der Waals surface area contributed by atoms with Crippen LogP contribution in [0.25, 0.3) is 6.08 Å². The van der Waals surface area contributed by atoms with Gasteiger partial charge in [0.05, 0.1) is 17.3 Å². The second-order valence-electron chi connectivity index (χ2n) is 6.26. The highest BCUT2D eigenvalue weighted by Gasteiger charge is 2.36. The van der Waals surface area contributed by atoms with E-state index in [0.29, 0.717) is 17.9 Å². The van der Waals surface area contributed by atoms with Crippen LogP contribution in [0.2, 0.25) is 5.02 Å². The van der Waals surface area contributed by atoms with Crippen LogP contribution in [0.4, 0.5) is 10.5 Å². The summed E-state index contributed by atoms with van der Waals surface area (Å²) in [6.45, 7) is 1.72. The van der Waals surface area contributed by atoms with E-state index in [4.69, 9.17) is 26.2 Å². The minimum absolute atomic E-state index is 0.0960. The van der Waals surface area contributed by atoms with Gasteiger partial charge in [-0.3, -0.25) is 14.9 Å². The molecule has 1 heterocycles. The van der Waals surface area contributed by atoms with Crippen molar-refractivity contribution in [2.75, 3.05) is 18.1 Å². The average molecular weight is 445 g/mol. The maximum absolute atomic E-state index is 12.9. The van der Waals surface area contributed by atoms with Crippen molar-refractivity contribution in [1.29, 1.82) is 0 Å². The number of aliphatic carboxylic acids is 1. The molecule has 1 aliphatic rings. The number of hydrogen-bond donors (Lipinski definition) is 2. The van der Waals surface area contributed by atoms with E-state index >= 15 is 0 Å². The molecular weight excluding hydrogens is 428 g/mol. The lowest BCUT2D eigenvalue weighted by molar-refractivity contribution is -0.139. The fraction of sp³-hybridized carbons (Fsp3) is 0.143. The SMILES string of the molecule is CCOc1ccc(N2C(=O)NC(=O)/C(=C\c3ccc(OCC(=O)O)c(Cl)c3)C2=O)cc1. The number of halogens is 1. The van der Waals surface area contributed by atoms with Crippen LogP contribution in [0.15, 0.2) is 48.0 Å². The molecule has 3 rings (SSSR count). The van der Waals surface area contributed by atoms with Crippen molar-refractivity contribution in [1.82, 2.24) is 5.32 Å². The van der Waals surface area contributed by atoms with Crippen LogP contribution < -0.4 is 19.7 Å². The van der Waals surface area contributed by atoms with Gasteiger partial charge in [0.1, 0.15) is 17.1 Å². The molecule has 1 aliphatic heterocycles. The first-order chi connectivity index (χ1) is 14.8. The molecule has 2 aromatic rings. The molecule has 0 spiro atoms. The zero-order chi connectivity index (χ0) is 22.5. The van der Waals surface area contributed by atoms with Gasteiger partial charge in [-0.25, -0.2) is 14.5 Å². The lowest BCUT2D eigenvalue weighted by Crippen LogP contribution is -2.54. The zero-order valence-electron chi connectivity index (χ0n) is 16.3. The third-order valence-corrected chi connectivity index (χ3v) is 4.42. The average Bonchev–Trinajstić information content (AvgIpc) is 2.71. The Morgan fingerprint density at radius 3 is 2.45 bits per heavy atom. The number of nitrogens with one attached hydrogen (secondary N) is 1. The Labute approximate surface area is 181 Å². The Morgan fingerprint density at radius 2 is 1.84 bits per heavy atom. The minimum atomic E-state index is -1.16. The first kappa shape index (κ1) is 21.8. The van der Waals surface area contributed by atoms with Gasteiger partial charge in [-0.05, 0) is 55.0 Å². The van der Waals surface area contributed by atoms with Crippen molar-refractivity contribution in [3.8, 4) is 11.5 Å². The molecule has 0 aromatic heterocycles. The van der Waals surface area contributed by atoms with Gasteiger partial charge in [0.2, 0.25) is 0 Å². The molecule has 2 aromatic carbocycles. The number of nitrogens with zero attached hydrogens (tertiary/aromatic N) is 1. The lowest BCUT2D eigenvalue weighted by atomic mass is 10.1. The van der Waals surface area contributed by atoms with Crippen molar-refractivity contribution in [3.05, 3.63) is 58.6 Å². The number of ether oxygens (including phenoxy) is 2. The van der Waals surface area contributed by atoms with Crippen LogP contribution in [0.1, 0.15) is 12.5 Å². The highest BCUT2D eigenvalue weighted by Crippen LogP contribution is 2.28. The molecule has 1 fully saturated rings. The van der Waals surface area contributed by atoms with Crippen molar-refractivity contribution in [2.45, 2.75) is 6.92 Å². The predicted molar refractivity (Wildman–Crippen MR) is 111 cm³/mol. The molecule has 2 N–H and O–H groups in total. The first-order valence-electron chi connectivity index (χ1n) is 9.08. The van der Waals surface area contributed by atoms with Gasteiger partial charge < -0.3 is 14.6 Å². The Kier molecular flexibility index (Phi) is 6.56. The number of carboxylic acids is 1. The van der Waals surface area contributed by atoms with E-state index in [1.54, 1.807) is 12.1 Å². The van der Waals surface area contributed by atoms with Crippen LogP contribution in [-0.2, 0) is 14.4 Å². The van der Waals surface area contributed by atoms with Gasteiger partial charge in [-0.2, -0.15) is 0 Å². The van der Waals surface area contributed by atoms with Gasteiger partial charge in [-0.15, -0.1) is 0 Å². The summed E-state index contributed by atoms with van der Waals surface area (Å²) in [6.07, 6.45) is 1.28. The number of hydrogen-bond acceptors (Lipinski definition) is 6. The summed E-state index contributed by atoms with van der Waals surface area (Å²) in [5, 5.41) is 10.9. The number of barbiturate groups is 1. The normalized spacial score (nSPS) is 15.1. The summed E-state index contributed by atoms with van der Waals surface area (Å²) >= 11 is 6.08. The van der Waals surface area contributed by atoms with E-state index < -0.39 is 30.4 Å². The van der Waals surface area contributed by atoms with Gasteiger partial charge in [0.25, 0.3) is 11.8 Å². The van der Waals surface area contributed by atoms with Gasteiger partial charge in [0, 0.05) is 0 Å².